The van der Waals surface area contributed by atoms with Gasteiger partial charge in [-0.25, -0.2) is 4.98 Å². The fourth-order valence-electron chi connectivity index (χ4n) is 2.86. The number of rotatable bonds is 6. The maximum absolute atomic E-state index is 12.6. The Morgan fingerprint density at radius 1 is 1.43 bits per heavy atom. The molecule has 0 unspecified atom stereocenters. The number of hydrogen-bond donors (Lipinski definition) is 2. The molecule has 0 spiro atoms. The van der Waals surface area contributed by atoms with E-state index in [2.05, 4.69) is 41.8 Å². The van der Waals surface area contributed by atoms with Crippen LogP contribution in [0.15, 0.2) is 5.38 Å². The molecule has 0 bridgehead atoms. The molecule has 2 N–H and O–H groups in total. The summed E-state index contributed by atoms with van der Waals surface area (Å²) in [4.78, 5) is 17.3. The van der Waals surface area contributed by atoms with E-state index in [4.69, 9.17) is 4.74 Å². The quantitative estimate of drug-likeness (QED) is 0.833. The summed E-state index contributed by atoms with van der Waals surface area (Å²) in [6.45, 7) is 9.37. The van der Waals surface area contributed by atoms with Gasteiger partial charge < -0.3 is 15.4 Å². The van der Waals surface area contributed by atoms with Gasteiger partial charge in [-0.05, 0) is 25.9 Å². The van der Waals surface area contributed by atoms with Gasteiger partial charge >= 0.3 is 0 Å². The van der Waals surface area contributed by atoms with Crippen LogP contribution < -0.4 is 10.6 Å². The Morgan fingerprint density at radius 2 is 2.13 bits per heavy atom. The fourth-order valence-corrected chi connectivity index (χ4v) is 3.88. The van der Waals surface area contributed by atoms with Crippen LogP contribution in [-0.4, -0.2) is 44.2 Å². The molecule has 1 aliphatic rings. The molecule has 2 heterocycles. The average molecular weight is 340 g/mol. The number of carbonyl (C=O) groups excluding carboxylic acids is 1. The van der Waals surface area contributed by atoms with E-state index in [-0.39, 0.29) is 16.7 Å². The lowest BCUT2D eigenvalue weighted by atomic mass is 9.78. The Labute approximate surface area is 143 Å². The highest BCUT2D eigenvalue weighted by atomic mass is 32.1. The lowest BCUT2D eigenvalue weighted by Gasteiger charge is -2.35. The van der Waals surface area contributed by atoms with E-state index < -0.39 is 0 Å². The number of hydrogen-bond acceptors (Lipinski definition) is 5. The number of piperidine rings is 1. The van der Waals surface area contributed by atoms with Crippen LogP contribution in [-0.2, 0) is 21.4 Å². The van der Waals surface area contributed by atoms with E-state index in [1.54, 1.807) is 18.4 Å². The first-order chi connectivity index (χ1) is 10.9. The molecule has 1 saturated heterocycles. The van der Waals surface area contributed by atoms with Crippen LogP contribution in [0.4, 0.5) is 0 Å². The molecule has 1 aliphatic heterocycles. The summed E-state index contributed by atoms with van der Waals surface area (Å²) in [6, 6.07) is 0. The zero-order valence-corrected chi connectivity index (χ0v) is 15.5. The van der Waals surface area contributed by atoms with E-state index in [9.17, 15) is 4.79 Å². The van der Waals surface area contributed by atoms with Crippen LogP contribution in [0, 0.1) is 5.41 Å². The third-order valence-corrected chi connectivity index (χ3v) is 5.32. The summed E-state index contributed by atoms with van der Waals surface area (Å²) in [6.07, 6.45) is 2.45. The molecule has 23 heavy (non-hydrogen) atoms. The van der Waals surface area contributed by atoms with Gasteiger partial charge in [0.2, 0.25) is 5.91 Å². The lowest BCUT2D eigenvalue weighted by Crippen LogP contribution is -2.50. The van der Waals surface area contributed by atoms with Crippen LogP contribution in [0.1, 0.15) is 44.3 Å². The molecule has 1 aromatic heterocycles. The number of nitrogens with zero attached hydrogens (tertiary/aromatic N) is 1. The standard InChI is InChI=1S/C17H29N3O2S/c1-16(2,3)13-11-23-14(20-13)5-8-19-15(21)17(12-22-4)6-9-18-10-7-17/h11,18H,5-10,12H2,1-4H3,(H,19,21). The van der Waals surface area contributed by atoms with Crippen molar-refractivity contribution in [1.82, 2.24) is 15.6 Å². The number of carbonyl (C=O) groups is 1. The van der Waals surface area contributed by atoms with E-state index in [0.717, 1.165) is 43.1 Å². The second kappa shape index (κ2) is 7.73. The van der Waals surface area contributed by atoms with Crippen molar-refractivity contribution in [3.05, 3.63) is 16.1 Å². The number of aromatic nitrogens is 1. The van der Waals surface area contributed by atoms with E-state index in [1.165, 1.54) is 0 Å². The first-order valence-electron chi connectivity index (χ1n) is 8.30. The van der Waals surface area contributed by atoms with Crippen LogP contribution in [0.25, 0.3) is 0 Å². The SMILES string of the molecule is COCC1(C(=O)NCCc2nc(C(C)(C)C)cs2)CCNCC1. The monoisotopic (exact) mass is 339 g/mol. The van der Waals surface area contributed by atoms with Crippen molar-refractivity contribution in [3.8, 4) is 0 Å². The maximum Gasteiger partial charge on any atom is 0.228 e. The molecule has 1 fully saturated rings. The minimum atomic E-state index is -0.376. The van der Waals surface area contributed by atoms with Gasteiger partial charge in [0, 0.05) is 30.9 Å². The molecule has 2 rings (SSSR count). The van der Waals surface area contributed by atoms with E-state index in [0.29, 0.717) is 13.2 Å². The molecule has 0 saturated carbocycles. The predicted molar refractivity (Wildman–Crippen MR) is 93.9 cm³/mol. The van der Waals surface area contributed by atoms with Gasteiger partial charge in [-0.15, -0.1) is 11.3 Å². The first kappa shape index (κ1) is 18.4. The maximum atomic E-state index is 12.6. The molecular formula is C17H29N3O2S. The number of thiazole rings is 1. The molecule has 0 aromatic carbocycles. The van der Waals surface area contributed by atoms with Gasteiger partial charge in [0.05, 0.1) is 22.7 Å². The second-order valence-electron chi connectivity index (χ2n) is 7.35. The minimum absolute atomic E-state index is 0.0790. The predicted octanol–water partition coefficient (Wildman–Crippen LogP) is 2.12. The van der Waals surface area contributed by atoms with Crippen LogP contribution in [0.3, 0.4) is 0 Å². The van der Waals surface area contributed by atoms with Crippen molar-refractivity contribution in [1.29, 1.82) is 0 Å². The minimum Gasteiger partial charge on any atom is -0.384 e. The van der Waals surface area contributed by atoms with E-state index >= 15 is 0 Å². The van der Waals surface area contributed by atoms with Crippen molar-refractivity contribution >= 4 is 17.2 Å². The van der Waals surface area contributed by atoms with Gasteiger partial charge in [0.1, 0.15) is 0 Å². The number of ether oxygens (including phenoxy) is 1. The lowest BCUT2D eigenvalue weighted by molar-refractivity contribution is -0.136. The van der Waals surface area contributed by atoms with Gasteiger partial charge in [0.15, 0.2) is 0 Å². The smallest absolute Gasteiger partial charge is 0.228 e. The molecule has 6 heteroatoms. The molecular weight excluding hydrogens is 310 g/mol. The molecule has 0 radical (unpaired) electrons. The molecule has 5 nitrogen and oxygen atoms in total. The number of amides is 1. The normalized spacial score (nSPS) is 17.9. The Balaban J connectivity index is 1.87. The summed E-state index contributed by atoms with van der Waals surface area (Å²) in [5.41, 5.74) is 0.827. The number of nitrogens with one attached hydrogen (secondary N) is 2. The average Bonchev–Trinajstić information content (AvgIpc) is 2.97. The third-order valence-electron chi connectivity index (χ3n) is 4.41. The van der Waals surface area contributed by atoms with E-state index in [1.807, 2.05) is 0 Å². The first-order valence-corrected chi connectivity index (χ1v) is 9.18. The van der Waals surface area contributed by atoms with Crippen molar-refractivity contribution in [3.63, 3.8) is 0 Å². The van der Waals surface area contributed by atoms with Crippen LogP contribution in [0.2, 0.25) is 0 Å². The summed E-state index contributed by atoms with van der Waals surface area (Å²) in [5.74, 6) is 0.119. The van der Waals surface area contributed by atoms with Crippen LogP contribution >= 0.6 is 11.3 Å². The van der Waals surface area contributed by atoms with Gasteiger partial charge in [0.25, 0.3) is 0 Å². The van der Waals surface area contributed by atoms with Gasteiger partial charge in [-0.3, -0.25) is 4.79 Å². The molecule has 1 aromatic rings. The molecule has 130 valence electrons. The second-order valence-corrected chi connectivity index (χ2v) is 8.29. The summed E-state index contributed by atoms with van der Waals surface area (Å²) in [7, 11) is 1.67. The van der Waals surface area contributed by atoms with Crippen molar-refractivity contribution in [2.75, 3.05) is 33.4 Å². The highest BCUT2D eigenvalue weighted by molar-refractivity contribution is 7.09. The highest BCUT2D eigenvalue weighted by Crippen LogP contribution is 2.29. The Bertz CT molecular complexity index is 511. The number of methoxy groups -OCH3 is 1. The topological polar surface area (TPSA) is 63.2 Å². The fraction of sp³-hybridized carbons (Fsp3) is 0.765. The highest BCUT2D eigenvalue weighted by Gasteiger charge is 2.39. The van der Waals surface area contributed by atoms with Crippen molar-refractivity contribution in [2.45, 2.75) is 45.4 Å². The summed E-state index contributed by atoms with van der Waals surface area (Å²) in [5, 5.41) is 9.61. The molecule has 0 atom stereocenters. The largest absolute Gasteiger partial charge is 0.384 e. The Kier molecular flexibility index (Phi) is 6.17. The summed E-state index contributed by atoms with van der Waals surface area (Å²) < 4.78 is 5.31. The van der Waals surface area contributed by atoms with Crippen molar-refractivity contribution in [2.24, 2.45) is 5.41 Å². The molecule has 1 amide bonds. The summed E-state index contributed by atoms with van der Waals surface area (Å²) >= 11 is 1.68. The Morgan fingerprint density at radius 3 is 2.70 bits per heavy atom. The Hall–Kier alpha value is -0.980. The zero-order chi connectivity index (χ0) is 16.9. The van der Waals surface area contributed by atoms with Crippen molar-refractivity contribution < 1.29 is 9.53 Å². The molecule has 0 aliphatic carbocycles. The van der Waals surface area contributed by atoms with Gasteiger partial charge in [-0.2, -0.15) is 0 Å². The van der Waals surface area contributed by atoms with Gasteiger partial charge in [-0.1, -0.05) is 20.8 Å². The van der Waals surface area contributed by atoms with Crippen LogP contribution in [0.5, 0.6) is 0 Å². The zero-order valence-electron chi connectivity index (χ0n) is 14.7. The third kappa shape index (κ3) is 4.75.